The fourth-order valence-electron chi connectivity index (χ4n) is 2.52. The van der Waals surface area contributed by atoms with E-state index in [9.17, 15) is 9.59 Å². The number of rotatable bonds is 2. The zero-order valence-electron chi connectivity index (χ0n) is 11.6. The van der Waals surface area contributed by atoms with Gasteiger partial charge in [-0.15, -0.1) is 11.3 Å². The summed E-state index contributed by atoms with van der Waals surface area (Å²) >= 11 is 3.06. The molecule has 3 heterocycles. The molecule has 2 amide bonds. The van der Waals surface area contributed by atoms with Gasteiger partial charge in [0, 0.05) is 24.8 Å². The van der Waals surface area contributed by atoms with Gasteiger partial charge in [0.15, 0.2) is 5.17 Å². The number of amidine groups is 1. The number of carbonyl (C=O) groups is 2. The van der Waals surface area contributed by atoms with E-state index in [-0.39, 0.29) is 17.7 Å². The monoisotopic (exact) mass is 323 g/mol. The second-order valence-electron chi connectivity index (χ2n) is 5.07. The maximum absolute atomic E-state index is 12.2. The predicted octanol–water partition coefficient (Wildman–Crippen LogP) is 1.82. The summed E-state index contributed by atoms with van der Waals surface area (Å²) in [5.74, 6) is 1.07. The molecule has 21 heavy (non-hydrogen) atoms. The highest BCUT2D eigenvalue weighted by molar-refractivity contribution is 8.14. The van der Waals surface area contributed by atoms with E-state index in [0.29, 0.717) is 13.1 Å². The summed E-state index contributed by atoms with van der Waals surface area (Å²) in [7, 11) is 0. The molecule has 0 atom stereocenters. The molecule has 1 fully saturated rings. The molecule has 0 spiro atoms. The van der Waals surface area contributed by atoms with E-state index in [0.717, 1.165) is 35.2 Å². The molecule has 0 saturated carbocycles. The van der Waals surface area contributed by atoms with E-state index < -0.39 is 0 Å². The van der Waals surface area contributed by atoms with Crippen molar-refractivity contribution in [3.63, 3.8) is 0 Å². The van der Waals surface area contributed by atoms with Crippen molar-refractivity contribution >= 4 is 40.1 Å². The molecule has 0 unspecified atom stereocenters. The largest absolute Gasteiger partial charge is 0.338 e. The van der Waals surface area contributed by atoms with Gasteiger partial charge in [0.1, 0.15) is 0 Å². The molecule has 0 bridgehead atoms. The molecule has 1 N–H and O–H groups in total. The molecular formula is C14H17N3O2S2. The molecule has 2 aliphatic rings. The third kappa shape index (κ3) is 3.47. The maximum atomic E-state index is 12.2. The summed E-state index contributed by atoms with van der Waals surface area (Å²) in [4.78, 5) is 31.2. The Morgan fingerprint density at radius 3 is 2.76 bits per heavy atom. The van der Waals surface area contributed by atoms with E-state index in [1.54, 1.807) is 11.8 Å². The summed E-state index contributed by atoms with van der Waals surface area (Å²) in [6.45, 7) is 2.08. The highest BCUT2D eigenvalue weighted by Gasteiger charge is 2.28. The minimum absolute atomic E-state index is 0.0127. The molecule has 112 valence electrons. The third-order valence-electron chi connectivity index (χ3n) is 3.70. The van der Waals surface area contributed by atoms with Crippen molar-refractivity contribution in [2.45, 2.75) is 12.8 Å². The quantitative estimate of drug-likeness (QED) is 0.903. The van der Waals surface area contributed by atoms with Crippen LogP contribution in [0.25, 0.3) is 0 Å². The molecule has 5 nitrogen and oxygen atoms in total. The molecule has 0 aromatic carbocycles. The Balaban J connectivity index is 1.50. The topological polar surface area (TPSA) is 61.8 Å². The van der Waals surface area contributed by atoms with Crippen LogP contribution < -0.4 is 5.32 Å². The van der Waals surface area contributed by atoms with Crippen molar-refractivity contribution in [1.29, 1.82) is 0 Å². The van der Waals surface area contributed by atoms with Crippen molar-refractivity contribution in [2.24, 2.45) is 10.9 Å². The molecule has 1 aromatic rings. The van der Waals surface area contributed by atoms with Gasteiger partial charge in [0.25, 0.3) is 5.91 Å². The van der Waals surface area contributed by atoms with E-state index in [4.69, 9.17) is 0 Å². The lowest BCUT2D eigenvalue weighted by atomic mass is 9.96. The summed E-state index contributed by atoms with van der Waals surface area (Å²) in [5, 5.41) is 5.55. The fourth-order valence-corrected chi connectivity index (χ4v) is 3.94. The first-order valence-electron chi connectivity index (χ1n) is 7.05. The zero-order valence-corrected chi connectivity index (χ0v) is 13.2. The van der Waals surface area contributed by atoms with Crippen LogP contribution in [0.4, 0.5) is 0 Å². The van der Waals surface area contributed by atoms with Gasteiger partial charge >= 0.3 is 0 Å². The highest BCUT2D eigenvalue weighted by atomic mass is 32.2. The van der Waals surface area contributed by atoms with Crippen LogP contribution in [0.2, 0.25) is 0 Å². The van der Waals surface area contributed by atoms with E-state index in [2.05, 4.69) is 10.3 Å². The van der Waals surface area contributed by atoms with Crippen molar-refractivity contribution < 1.29 is 9.59 Å². The molecule has 0 radical (unpaired) electrons. The Hall–Kier alpha value is -1.34. The number of thiophene rings is 1. The van der Waals surface area contributed by atoms with Gasteiger partial charge in [-0.05, 0) is 24.3 Å². The Morgan fingerprint density at radius 1 is 1.33 bits per heavy atom. The average Bonchev–Trinajstić information content (AvgIpc) is 3.20. The van der Waals surface area contributed by atoms with Crippen LogP contribution in [0.15, 0.2) is 22.5 Å². The smallest absolute Gasteiger partial charge is 0.263 e. The van der Waals surface area contributed by atoms with Crippen molar-refractivity contribution in [3.8, 4) is 0 Å². The van der Waals surface area contributed by atoms with E-state index in [1.165, 1.54) is 11.3 Å². The minimum atomic E-state index is -0.0127. The third-order valence-corrected chi connectivity index (χ3v) is 5.45. The Kier molecular flexibility index (Phi) is 4.60. The number of amides is 2. The van der Waals surface area contributed by atoms with E-state index in [1.807, 2.05) is 22.4 Å². The molecule has 1 aromatic heterocycles. The molecule has 3 rings (SSSR count). The van der Waals surface area contributed by atoms with Crippen LogP contribution >= 0.6 is 23.1 Å². The maximum Gasteiger partial charge on any atom is 0.263 e. The molecule has 0 aliphatic carbocycles. The van der Waals surface area contributed by atoms with Crippen LogP contribution in [-0.2, 0) is 4.79 Å². The van der Waals surface area contributed by atoms with Crippen LogP contribution in [-0.4, -0.2) is 47.3 Å². The molecule has 1 saturated heterocycles. The fraction of sp³-hybridized carbons (Fsp3) is 0.500. The first-order chi connectivity index (χ1) is 10.2. The Labute approximate surface area is 131 Å². The number of piperidine rings is 1. The van der Waals surface area contributed by atoms with Gasteiger partial charge in [-0.3, -0.25) is 14.6 Å². The van der Waals surface area contributed by atoms with Crippen LogP contribution in [0.1, 0.15) is 22.5 Å². The van der Waals surface area contributed by atoms with Crippen molar-refractivity contribution in [1.82, 2.24) is 10.2 Å². The first-order valence-corrected chi connectivity index (χ1v) is 8.91. The van der Waals surface area contributed by atoms with Gasteiger partial charge in [0.05, 0.1) is 11.4 Å². The van der Waals surface area contributed by atoms with Gasteiger partial charge in [-0.1, -0.05) is 17.8 Å². The zero-order chi connectivity index (χ0) is 14.7. The van der Waals surface area contributed by atoms with Gasteiger partial charge < -0.3 is 10.2 Å². The summed E-state index contributed by atoms with van der Waals surface area (Å²) in [6, 6.07) is 3.74. The standard InChI is InChI=1S/C14H17N3O2S2/c18-12(16-14-15-5-9-21-14)10-3-6-17(7-4-10)13(19)11-2-1-8-20-11/h1-2,8,10H,3-7,9H2,(H,15,16,18). The summed E-state index contributed by atoms with van der Waals surface area (Å²) < 4.78 is 0. The Bertz CT molecular complexity index is 549. The number of nitrogens with one attached hydrogen (secondary N) is 1. The summed E-state index contributed by atoms with van der Waals surface area (Å²) in [5.41, 5.74) is 0. The highest BCUT2D eigenvalue weighted by Crippen LogP contribution is 2.21. The van der Waals surface area contributed by atoms with Crippen LogP contribution in [0.3, 0.4) is 0 Å². The second-order valence-corrected chi connectivity index (χ2v) is 7.10. The number of aliphatic imine (C=N–C) groups is 1. The van der Waals surface area contributed by atoms with E-state index >= 15 is 0 Å². The first kappa shape index (κ1) is 14.6. The average molecular weight is 323 g/mol. The van der Waals surface area contributed by atoms with Crippen LogP contribution in [0.5, 0.6) is 0 Å². The lowest BCUT2D eigenvalue weighted by Gasteiger charge is -2.31. The number of hydrogen-bond acceptors (Lipinski definition) is 5. The number of carbonyl (C=O) groups excluding carboxylic acids is 2. The normalized spacial score (nSPS) is 19.4. The number of nitrogens with zero attached hydrogens (tertiary/aromatic N) is 2. The lowest BCUT2D eigenvalue weighted by molar-refractivity contribution is -0.124. The SMILES string of the molecule is O=C(NC1=NCCS1)C1CCN(C(=O)c2cccs2)CC1. The Morgan fingerprint density at radius 2 is 2.14 bits per heavy atom. The molecule has 7 heteroatoms. The lowest BCUT2D eigenvalue weighted by Crippen LogP contribution is -2.43. The van der Waals surface area contributed by atoms with Crippen molar-refractivity contribution in [3.05, 3.63) is 22.4 Å². The predicted molar refractivity (Wildman–Crippen MR) is 85.8 cm³/mol. The van der Waals surface area contributed by atoms with Gasteiger partial charge in [0.2, 0.25) is 5.91 Å². The van der Waals surface area contributed by atoms with Gasteiger partial charge in [-0.25, -0.2) is 0 Å². The molecule has 2 aliphatic heterocycles. The summed E-state index contributed by atoms with van der Waals surface area (Å²) in [6.07, 6.45) is 1.45. The second kappa shape index (κ2) is 6.62. The van der Waals surface area contributed by atoms with Crippen LogP contribution in [0, 0.1) is 5.92 Å². The minimum Gasteiger partial charge on any atom is -0.338 e. The number of hydrogen-bond donors (Lipinski definition) is 1. The molecular weight excluding hydrogens is 306 g/mol. The van der Waals surface area contributed by atoms with Crippen molar-refractivity contribution in [2.75, 3.05) is 25.4 Å². The number of thioether (sulfide) groups is 1. The van der Waals surface area contributed by atoms with Gasteiger partial charge in [-0.2, -0.15) is 0 Å². The number of likely N-dealkylation sites (tertiary alicyclic amines) is 1.